The fourth-order valence-corrected chi connectivity index (χ4v) is 2.30. The molecule has 3 aromatic rings. The molecule has 7 nitrogen and oxygen atoms in total. The molecule has 0 radical (unpaired) electrons. The Balaban J connectivity index is 1.99. The van der Waals surface area contributed by atoms with Gasteiger partial charge >= 0.3 is 0 Å². The summed E-state index contributed by atoms with van der Waals surface area (Å²) in [6.07, 6.45) is 5.04. The minimum Gasteiger partial charge on any atom is -0.360 e. The Hall–Kier alpha value is -2.79. The molecule has 3 rings (SSSR count). The standard InChI is InChI=1S/C13H8BrN7/c14-11-1-2-12(9-3-4-16-7-10(9)11)17-6-8(5-15)13-18-20-21-19-13/h1-4,6-7,17H,(H,18,19,20,21). The van der Waals surface area contributed by atoms with E-state index >= 15 is 0 Å². The molecule has 8 heteroatoms. The Morgan fingerprint density at radius 2 is 2.24 bits per heavy atom. The molecule has 0 aliphatic carbocycles. The number of anilines is 1. The summed E-state index contributed by atoms with van der Waals surface area (Å²) in [6, 6.07) is 7.75. The van der Waals surface area contributed by atoms with Crippen LogP contribution in [0.2, 0.25) is 0 Å². The molecule has 1 aromatic carbocycles. The highest BCUT2D eigenvalue weighted by molar-refractivity contribution is 9.10. The Bertz CT molecular complexity index is 849. The highest BCUT2D eigenvalue weighted by Crippen LogP contribution is 2.29. The number of H-pyrrole nitrogens is 1. The van der Waals surface area contributed by atoms with Crippen LogP contribution in [0.1, 0.15) is 5.82 Å². The molecule has 0 bridgehead atoms. The maximum atomic E-state index is 9.14. The number of tetrazole rings is 1. The van der Waals surface area contributed by atoms with Gasteiger partial charge in [0, 0.05) is 39.5 Å². The van der Waals surface area contributed by atoms with Crippen LogP contribution in [0.25, 0.3) is 16.3 Å². The Morgan fingerprint density at radius 1 is 1.33 bits per heavy atom. The molecule has 0 unspecified atom stereocenters. The maximum absolute atomic E-state index is 9.14. The second-order valence-corrected chi connectivity index (χ2v) is 4.92. The number of aromatic nitrogens is 5. The van der Waals surface area contributed by atoms with Crippen LogP contribution >= 0.6 is 15.9 Å². The number of aromatic amines is 1. The van der Waals surface area contributed by atoms with Gasteiger partial charge in [0.1, 0.15) is 11.6 Å². The number of halogens is 1. The summed E-state index contributed by atoms with van der Waals surface area (Å²) in [7, 11) is 0. The number of allylic oxidation sites excluding steroid dienone is 1. The Kier molecular flexibility index (Phi) is 3.57. The number of pyridine rings is 1. The molecular weight excluding hydrogens is 334 g/mol. The van der Waals surface area contributed by atoms with Crippen LogP contribution in [-0.4, -0.2) is 25.6 Å². The summed E-state index contributed by atoms with van der Waals surface area (Å²) in [6.45, 7) is 0. The van der Waals surface area contributed by atoms with Crippen LogP contribution in [-0.2, 0) is 0 Å². The average molecular weight is 342 g/mol. The lowest BCUT2D eigenvalue weighted by atomic mass is 10.1. The average Bonchev–Trinajstić information content (AvgIpc) is 3.04. The summed E-state index contributed by atoms with van der Waals surface area (Å²) >= 11 is 3.49. The van der Waals surface area contributed by atoms with Crippen molar-refractivity contribution < 1.29 is 0 Å². The first-order chi connectivity index (χ1) is 10.3. The number of hydrogen-bond acceptors (Lipinski definition) is 6. The number of nitrogens with zero attached hydrogens (tertiary/aromatic N) is 5. The summed E-state index contributed by atoms with van der Waals surface area (Å²) in [5.74, 6) is 0.244. The van der Waals surface area contributed by atoms with Crippen LogP contribution in [0.3, 0.4) is 0 Å². The summed E-state index contributed by atoms with van der Waals surface area (Å²) in [4.78, 5) is 4.11. The van der Waals surface area contributed by atoms with E-state index in [0.717, 1.165) is 20.9 Å². The van der Waals surface area contributed by atoms with Crippen molar-refractivity contribution in [2.75, 3.05) is 5.32 Å². The lowest BCUT2D eigenvalue weighted by molar-refractivity contribution is 0.881. The molecule has 0 aliphatic rings. The van der Waals surface area contributed by atoms with Gasteiger partial charge in [-0.25, -0.2) is 0 Å². The zero-order valence-electron chi connectivity index (χ0n) is 10.6. The number of fused-ring (bicyclic) bond motifs is 1. The molecule has 0 amide bonds. The molecule has 2 heterocycles. The van der Waals surface area contributed by atoms with Gasteiger partial charge in [0.2, 0.25) is 5.82 Å². The molecule has 2 aromatic heterocycles. The second kappa shape index (κ2) is 5.68. The predicted molar refractivity (Wildman–Crippen MR) is 80.8 cm³/mol. The zero-order chi connectivity index (χ0) is 14.7. The van der Waals surface area contributed by atoms with E-state index in [-0.39, 0.29) is 11.4 Å². The SMILES string of the molecule is N#CC(=CNc1ccc(Br)c2cnccc12)c1nn[nH]n1. The van der Waals surface area contributed by atoms with Gasteiger partial charge in [0.05, 0.1) is 0 Å². The van der Waals surface area contributed by atoms with Crippen molar-refractivity contribution in [3.63, 3.8) is 0 Å². The highest BCUT2D eigenvalue weighted by atomic mass is 79.9. The molecule has 0 spiro atoms. The van der Waals surface area contributed by atoms with Crippen molar-refractivity contribution in [3.8, 4) is 6.07 Å². The molecule has 0 fully saturated rings. The zero-order valence-corrected chi connectivity index (χ0v) is 12.2. The lowest BCUT2D eigenvalue weighted by Crippen LogP contribution is -1.94. The third-order valence-electron chi connectivity index (χ3n) is 2.84. The van der Waals surface area contributed by atoms with Crippen molar-refractivity contribution in [2.45, 2.75) is 0 Å². The first-order valence-corrected chi connectivity index (χ1v) is 6.72. The molecular formula is C13H8BrN7. The summed E-state index contributed by atoms with van der Waals surface area (Å²) in [5.41, 5.74) is 1.14. The van der Waals surface area contributed by atoms with Gasteiger partial charge < -0.3 is 5.32 Å². The van der Waals surface area contributed by atoms with Gasteiger partial charge in [-0.3, -0.25) is 4.98 Å². The van der Waals surface area contributed by atoms with Crippen LogP contribution in [0.15, 0.2) is 41.3 Å². The van der Waals surface area contributed by atoms with Crippen LogP contribution < -0.4 is 5.32 Å². The quantitative estimate of drug-likeness (QED) is 0.709. The van der Waals surface area contributed by atoms with Crippen LogP contribution in [0, 0.1) is 11.3 Å². The van der Waals surface area contributed by atoms with E-state index in [1.54, 1.807) is 18.6 Å². The largest absolute Gasteiger partial charge is 0.360 e. The van der Waals surface area contributed by atoms with Gasteiger partial charge in [-0.1, -0.05) is 15.9 Å². The normalized spacial score (nSPS) is 11.3. The minimum absolute atomic E-state index is 0.244. The highest BCUT2D eigenvalue weighted by Gasteiger charge is 2.07. The van der Waals surface area contributed by atoms with Crippen LogP contribution in [0.5, 0.6) is 0 Å². The Morgan fingerprint density at radius 3 is 3.00 bits per heavy atom. The summed E-state index contributed by atoms with van der Waals surface area (Å²) in [5, 5.41) is 27.5. The first kappa shape index (κ1) is 13.2. The summed E-state index contributed by atoms with van der Waals surface area (Å²) < 4.78 is 0.957. The predicted octanol–water partition coefficient (Wildman–Crippen LogP) is 2.49. The van der Waals surface area contributed by atoms with Gasteiger partial charge in [-0.05, 0) is 23.4 Å². The molecule has 21 heavy (non-hydrogen) atoms. The van der Waals surface area contributed by atoms with Gasteiger partial charge in [-0.15, -0.1) is 10.2 Å². The van der Waals surface area contributed by atoms with Crippen molar-refractivity contribution >= 4 is 38.0 Å². The lowest BCUT2D eigenvalue weighted by Gasteiger charge is -2.07. The van der Waals surface area contributed by atoms with E-state index in [0.29, 0.717) is 0 Å². The number of rotatable bonds is 3. The van der Waals surface area contributed by atoms with Crippen molar-refractivity contribution in [1.29, 1.82) is 5.26 Å². The molecule has 0 saturated carbocycles. The number of nitriles is 1. The van der Waals surface area contributed by atoms with Gasteiger partial charge in [-0.2, -0.15) is 10.5 Å². The monoisotopic (exact) mass is 341 g/mol. The topological polar surface area (TPSA) is 103 Å². The van der Waals surface area contributed by atoms with E-state index < -0.39 is 0 Å². The second-order valence-electron chi connectivity index (χ2n) is 4.07. The molecule has 102 valence electrons. The smallest absolute Gasteiger partial charge is 0.216 e. The minimum atomic E-state index is 0.244. The third-order valence-corrected chi connectivity index (χ3v) is 3.54. The van der Waals surface area contributed by atoms with E-state index in [1.807, 2.05) is 24.3 Å². The molecule has 2 N–H and O–H groups in total. The number of benzene rings is 1. The maximum Gasteiger partial charge on any atom is 0.216 e. The van der Waals surface area contributed by atoms with Gasteiger partial charge in [0.15, 0.2) is 0 Å². The van der Waals surface area contributed by atoms with Crippen LogP contribution in [0.4, 0.5) is 5.69 Å². The van der Waals surface area contributed by atoms with Gasteiger partial charge in [0.25, 0.3) is 0 Å². The van der Waals surface area contributed by atoms with Crippen molar-refractivity contribution in [1.82, 2.24) is 25.6 Å². The molecule has 0 saturated heterocycles. The number of hydrogen-bond donors (Lipinski definition) is 2. The Labute approximate surface area is 127 Å². The van der Waals surface area contributed by atoms with Crippen molar-refractivity contribution in [2.24, 2.45) is 0 Å². The number of nitrogens with one attached hydrogen (secondary N) is 2. The first-order valence-electron chi connectivity index (χ1n) is 5.92. The molecule has 0 aliphatic heterocycles. The fourth-order valence-electron chi connectivity index (χ4n) is 1.85. The van der Waals surface area contributed by atoms with E-state index in [9.17, 15) is 0 Å². The van der Waals surface area contributed by atoms with Crippen molar-refractivity contribution in [3.05, 3.63) is 47.1 Å². The van der Waals surface area contributed by atoms with E-state index in [2.05, 4.69) is 46.9 Å². The third kappa shape index (κ3) is 2.59. The molecule has 0 atom stereocenters. The van der Waals surface area contributed by atoms with E-state index in [4.69, 9.17) is 5.26 Å². The fraction of sp³-hybridized carbons (Fsp3) is 0. The van der Waals surface area contributed by atoms with E-state index in [1.165, 1.54) is 0 Å².